The quantitative estimate of drug-likeness (QED) is 0.527. The second-order valence-electron chi connectivity index (χ2n) is 4.54. The molecule has 0 nitrogen and oxygen atoms in total. The lowest BCUT2D eigenvalue weighted by Gasteiger charge is -2.24. The first-order valence-corrected chi connectivity index (χ1v) is 5.80. The molecule has 0 aliphatic rings. The van der Waals surface area contributed by atoms with E-state index in [9.17, 15) is 0 Å². The highest BCUT2D eigenvalue weighted by Crippen LogP contribution is 2.28. The first-order chi connectivity index (χ1) is 7.02. The molecule has 82 valence electrons. The summed E-state index contributed by atoms with van der Waals surface area (Å²) in [5, 5.41) is 0. The minimum Gasteiger partial charge on any atom is -0.126 e. The lowest BCUT2D eigenvalue weighted by atomic mass is 9.83. The molecule has 0 fully saturated rings. The zero-order valence-electron chi connectivity index (χ0n) is 9.81. The van der Waals surface area contributed by atoms with Gasteiger partial charge in [0.05, 0.1) is 0 Å². The van der Waals surface area contributed by atoms with Gasteiger partial charge in [-0.2, -0.15) is 0 Å². The molecule has 0 aliphatic carbocycles. The Hall–Kier alpha value is -0.750. The predicted molar refractivity (Wildman–Crippen MR) is 68.6 cm³/mol. The molecule has 0 radical (unpaired) electrons. The summed E-state index contributed by atoms with van der Waals surface area (Å²) < 4.78 is 0. The van der Waals surface area contributed by atoms with E-state index in [2.05, 4.69) is 45.5 Å². The molecule has 1 unspecified atom stereocenters. The van der Waals surface area contributed by atoms with Crippen molar-refractivity contribution in [2.45, 2.75) is 27.2 Å². The number of hydrogen-bond acceptors (Lipinski definition) is 0. The number of benzene rings is 1. The topological polar surface area (TPSA) is 0 Å². The highest BCUT2D eigenvalue weighted by atomic mass is 35.5. The maximum absolute atomic E-state index is 5.99. The first-order valence-electron chi connectivity index (χ1n) is 5.27. The van der Waals surface area contributed by atoms with Crippen molar-refractivity contribution in [3.8, 4) is 0 Å². The van der Waals surface area contributed by atoms with Crippen molar-refractivity contribution in [2.75, 3.05) is 5.88 Å². The molecule has 15 heavy (non-hydrogen) atoms. The molecule has 1 aromatic rings. The molecule has 0 bridgehead atoms. The number of rotatable bonds is 4. The van der Waals surface area contributed by atoms with Crippen LogP contribution in [0.2, 0.25) is 0 Å². The fourth-order valence-electron chi connectivity index (χ4n) is 1.71. The number of halogens is 1. The van der Waals surface area contributed by atoms with E-state index in [0.717, 1.165) is 6.42 Å². The molecule has 0 N–H and O–H groups in total. The van der Waals surface area contributed by atoms with E-state index in [1.54, 1.807) is 0 Å². The van der Waals surface area contributed by atoms with Crippen LogP contribution in [0, 0.1) is 19.3 Å². The Bertz CT molecular complexity index is 334. The van der Waals surface area contributed by atoms with E-state index in [1.165, 1.54) is 16.7 Å². The standard InChI is InChI=1S/C14H19Cl/c1-5-14(4,10-15)9-13-11(2)7-6-8-12(13)3/h5-8H,1,9-10H2,2-4H3. The molecule has 0 amide bonds. The zero-order chi connectivity index (χ0) is 11.5. The van der Waals surface area contributed by atoms with E-state index in [1.807, 2.05) is 6.08 Å². The van der Waals surface area contributed by atoms with Gasteiger partial charge in [-0.05, 0) is 37.0 Å². The molecular formula is C14H19Cl. The van der Waals surface area contributed by atoms with Crippen LogP contribution in [0.4, 0.5) is 0 Å². The molecule has 1 heteroatoms. The molecule has 1 aromatic carbocycles. The maximum atomic E-state index is 5.99. The Morgan fingerprint density at radius 3 is 2.27 bits per heavy atom. The number of allylic oxidation sites excluding steroid dienone is 1. The van der Waals surface area contributed by atoms with Crippen LogP contribution in [0.15, 0.2) is 30.9 Å². The van der Waals surface area contributed by atoms with Gasteiger partial charge in [0.1, 0.15) is 0 Å². The molecule has 0 saturated carbocycles. The Kier molecular flexibility index (Phi) is 3.98. The lowest BCUT2D eigenvalue weighted by molar-refractivity contribution is 0.484. The Balaban J connectivity index is 3.03. The Labute approximate surface area is 98.0 Å². The van der Waals surface area contributed by atoms with Crippen LogP contribution < -0.4 is 0 Å². The van der Waals surface area contributed by atoms with E-state index in [0.29, 0.717) is 5.88 Å². The van der Waals surface area contributed by atoms with Crippen molar-refractivity contribution in [2.24, 2.45) is 5.41 Å². The largest absolute Gasteiger partial charge is 0.126 e. The lowest BCUT2D eigenvalue weighted by Crippen LogP contribution is -2.19. The average molecular weight is 223 g/mol. The number of alkyl halides is 1. The molecule has 0 aliphatic heterocycles. The third-order valence-corrected chi connectivity index (χ3v) is 3.63. The van der Waals surface area contributed by atoms with E-state index in [4.69, 9.17) is 11.6 Å². The molecular weight excluding hydrogens is 204 g/mol. The summed E-state index contributed by atoms with van der Waals surface area (Å²) in [7, 11) is 0. The Morgan fingerprint density at radius 2 is 1.87 bits per heavy atom. The van der Waals surface area contributed by atoms with Gasteiger partial charge in [-0.25, -0.2) is 0 Å². The summed E-state index contributed by atoms with van der Waals surface area (Å²) in [6, 6.07) is 6.40. The van der Waals surface area contributed by atoms with Crippen LogP contribution in [0.1, 0.15) is 23.6 Å². The summed E-state index contributed by atoms with van der Waals surface area (Å²) in [5.41, 5.74) is 4.08. The summed E-state index contributed by atoms with van der Waals surface area (Å²) in [6.45, 7) is 10.3. The van der Waals surface area contributed by atoms with Gasteiger partial charge in [0, 0.05) is 11.3 Å². The third-order valence-electron chi connectivity index (χ3n) is 3.02. The van der Waals surface area contributed by atoms with Gasteiger partial charge >= 0.3 is 0 Å². The van der Waals surface area contributed by atoms with Crippen LogP contribution in [-0.4, -0.2) is 5.88 Å². The number of aryl methyl sites for hydroxylation is 2. The molecule has 0 spiro atoms. The van der Waals surface area contributed by atoms with Crippen molar-refractivity contribution in [1.29, 1.82) is 0 Å². The highest BCUT2D eigenvalue weighted by molar-refractivity contribution is 6.18. The van der Waals surface area contributed by atoms with Gasteiger partial charge in [0.15, 0.2) is 0 Å². The summed E-state index contributed by atoms with van der Waals surface area (Å²) in [6.07, 6.45) is 2.93. The normalized spacial score (nSPS) is 14.7. The fourth-order valence-corrected chi connectivity index (χ4v) is 1.91. The van der Waals surface area contributed by atoms with Crippen molar-refractivity contribution >= 4 is 11.6 Å². The SMILES string of the molecule is C=CC(C)(CCl)Cc1c(C)cccc1C. The van der Waals surface area contributed by atoms with Crippen molar-refractivity contribution in [3.63, 3.8) is 0 Å². The fraction of sp³-hybridized carbons (Fsp3) is 0.429. The molecule has 1 rings (SSSR count). The summed E-state index contributed by atoms with van der Waals surface area (Å²) in [5.74, 6) is 0.615. The van der Waals surface area contributed by atoms with Gasteiger partial charge in [0.2, 0.25) is 0 Å². The first kappa shape index (κ1) is 12.3. The Morgan fingerprint density at radius 1 is 1.33 bits per heavy atom. The van der Waals surface area contributed by atoms with Gasteiger partial charge in [0.25, 0.3) is 0 Å². The number of hydrogen-bond donors (Lipinski definition) is 0. The molecule has 1 atom stereocenters. The molecule has 0 aromatic heterocycles. The predicted octanol–water partition coefficient (Wildman–Crippen LogP) is 4.28. The van der Waals surface area contributed by atoms with Gasteiger partial charge < -0.3 is 0 Å². The van der Waals surface area contributed by atoms with Crippen LogP contribution in [0.3, 0.4) is 0 Å². The third kappa shape index (κ3) is 2.85. The van der Waals surface area contributed by atoms with Gasteiger partial charge in [-0.15, -0.1) is 18.2 Å². The highest BCUT2D eigenvalue weighted by Gasteiger charge is 2.21. The van der Waals surface area contributed by atoms with E-state index >= 15 is 0 Å². The van der Waals surface area contributed by atoms with Crippen LogP contribution in [-0.2, 0) is 6.42 Å². The van der Waals surface area contributed by atoms with E-state index < -0.39 is 0 Å². The summed E-state index contributed by atoms with van der Waals surface area (Å²) in [4.78, 5) is 0. The van der Waals surface area contributed by atoms with Crippen LogP contribution in [0.5, 0.6) is 0 Å². The summed E-state index contributed by atoms with van der Waals surface area (Å²) >= 11 is 5.99. The van der Waals surface area contributed by atoms with Gasteiger partial charge in [-0.1, -0.05) is 31.2 Å². The minimum atomic E-state index is -0.00156. The van der Waals surface area contributed by atoms with Crippen LogP contribution >= 0.6 is 11.6 Å². The van der Waals surface area contributed by atoms with E-state index in [-0.39, 0.29) is 5.41 Å². The molecule has 0 saturated heterocycles. The monoisotopic (exact) mass is 222 g/mol. The van der Waals surface area contributed by atoms with Crippen molar-refractivity contribution in [1.82, 2.24) is 0 Å². The smallest absolute Gasteiger partial charge is 0.0315 e. The zero-order valence-corrected chi connectivity index (χ0v) is 10.6. The van der Waals surface area contributed by atoms with Crippen molar-refractivity contribution < 1.29 is 0 Å². The second-order valence-corrected chi connectivity index (χ2v) is 4.81. The maximum Gasteiger partial charge on any atom is 0.0315 e. The second kappa shape index (κ2) is 4.85. The minimum absolute atomic E-state index is 0.00156. The average Bonchev–Trinajstić information content (AvgIpc) is 2.23. The van der Waals surface area contributed by atoms with Gasteiger partial charge in [-0.3, -0.25) is 0 Å². The molecule has 0 heterocycles. The van der Waals surface area contributed by atoms with Crippen molar-refractivity contribution in [3.05, 3.63) is 47.5 Å². The van der Waals surface area contributed by atoms with Crippen LogP contribution in [0.25, 0.3) is 0 Å².